The van der Waals surface area contributed by atoms with Gasteiger partial charge >= 0.3 is 0 Å². The van der Waals surface area contributed by atoms with Crippen LogP contribution in [0, 0.1) is 11.8 Å². The Bertz CT molecular complexity index is 335. The molecule has 1 aromatic rings. The average Bonchev–Trinajstić information content (AvgIpc) is 2.25. The normalized spacial score (nSPS) is 14.8. The molecule has 1 unspecified atom stereocenters. The Kier molecular flexibility index (Phi) is 4.50. The number of aliphatic hydroxyl groups is 1. The van der Waals surface area contributed by atoms with E-state index in [0.717, 1.165) is 5.56 Å². The Labute approximate surface area is 96.3 Å². The number of primary amides is 1. The lowest BCUT2D eigenvalue weighted by atomic mass is 9.79. The van der Waals surface area contributed by atoms with Gasteiger partial charge < -0.3 is 10.8 Å². The summed E-state index contributed by atoms with van der Waals surface area (Å²) in [7, 11) is 0. The number of carbonyl (C=O) groups is 1. The molecular weight excluding hydrogens is 202 g/mol. The molecule has 0 aliphatic carbocycles. The molecule has 1 rings (SSSR count). The summed E-state index contributed by atoms with van der Waals surface area (Å²) in [5.74, 6) is -0.765. The van der Waals surface area contributed by atoms with Gasteiger partial charge in [0.2, 0.25) is 5.91 Å². The Hall–Kier alpha value is -1.35. The van der Waals surface area contributed by atoms with Crippen LogP contribution in [-0.2, 0) is 4.79 Å². The van der Waals surface area contributed by atoms with Gasteiger partial charge in [-0.15, -0.1) is 0 Å². The third-order valence-electron chi connectivity index (χ3n) is 2.90. The molecule has 0 radical (unpaired) electrons. The first kappa shape index (κ1) is 12.7. The van der Waals surface area contributed by atoms with Crippen LogP contribution in [0.3, 0.4) is 0 Å². The van der Waals surface area contributed by atoms with Gasteiger partial charge in [0.15, 0.2) is 0 Å². The van der Waals surface area contributed by atoms with Gasteiger partial charge in [0.25, 0.3) is 0 Å². The summed E-state index contributed by atoms with van der Waals surface area (Å²) >= 11 is 0. The molecule has 0 saturated heterocycles. The zero-order chi connectivity index (χ0) is 12.1. The van der Waals surface area contributed by atoms with Crippen LogP contribution in [0.4, 0.5) is 0 Å². The van der Waals surface area contributed by atoms with Crippen LogP contribution in [0.25, 0.3) is 0 Å². The fourth-order valence-corrected chi connectivity index (χ4v) is 2.12. The van der Waals surface area contributed by atoms with Crippen LogP contribution >= 0.6 is 0 Å². The Morgan fingerprint density at radius 3 is 2.25 bits per heavy atom. The summed E-state index contributed by atoms with van der Waals surface area (Å²) in [4.78, 5) is 11.4. The second-order valence-corrected chi connectivity index (χ2v) is 4.37. The Morgan fingerprint density at radius 2 is 1.88 bits per heavy atom. The standard InChI is InChI=1S/C13H19NO2/c1-9(2)12(13(14)16)11(8-15)10-6-4-3-5-7-10/h3-7,9,11-12,15H,8H2,1-2H3,(H2,14,16)/t11-,12?/m0/s1. The third-order valence-corrected chi connectivity index (χ3v) is 2.90. The van der Waals surface area contributed by atoms with Crippen LogP contribution in [0.1, 0.15) is 25.3 Å². The zero-order valence-electron chi connectivity index (χ0n) is 9.76. The van der Waals surface area contributed by atoms with Crippen molar-refractivity contribution in [3.05, 3.63) is 35.9 Å². The number of amides is 1. The summed E-state index contributed by atoms with van der Waals surface area (Å²) in [5, 5.41) is 9.44. The number of nitrogens with two attached hydrogens (primary N) is 1. The van der Waals surface area contributed by atoms with Crippen molar-refractivity contribution < 1.29 is 9.90 Å². The molecule has 0 aliphatic heterocycles. The minimum atomic E-state index is -0.349. The molecule has 0 spiro atoms. The molecule has 0 aromatic heterocycles. The molecular formula is C13H19NO2. The first-order valence-corrected chi connectivity index (χ1v) is 5.53. The van der Waals surface area contributed by atoms with Gasteiger partial charge in [-0.1, -0.05) is 44.2 Å². The highest BCUT2D eigenvalue weighted by atomic mass is 16.3. The van der Waals surface area contributed by atoms with E-state index in [1.54, 1.807) is 0 Å². The Morgan fingerprint density at radius 1 is 1.31 bits per heavy atom. The molecule has 0 heterocycles. The minimum Gasteiger partial charge on any atom is -0.396 e. The van der Waals surface area contributed by atoms with E-state index in [-0.39, 0.29) is 30.3 Å². The van der Waals surface area contributed by atoms with Crippen LogP contribution in [0.5, 0.6) is 0 Å². The maximum atomic E-state index is 11.4. The van der Waals surface area contributed by atoms with Crippen molar-refractivity contribution in [1.82, 2.24) is 0 Å². The maximum absolute atomic E-state index is 11.4. The summed E-state index contributed by atoms with van der Waals surface area (Å²) < 4.78 is 0. The van der Waals surface area contributed by atoms with Crippen LogP contribution in [0.2, 0.25) is 0 Å². The predicted molar refractivity (Wildman–Crippen MR) is 63.8 cm³/mol. The second kappa shape index (κ2) is 5.66. The molecule has 1 amide bonds. The van der Waals surface area contributed by atoms with Crippen molar-refractivity contribution in [2.24, 2.45) is 17.6 Å². The lowest BCUT2D eigenvalue weighted by Crippen LogP contribution is -2.34. The predicted octanol–water partition coefficient (Wildman–Crippen LogP) is 1.52. The van der Waals surface area contributed by atoms with E-state index in [1.165, 1.54) is 0 Å². The quantitative estimate of drug-likeness (QED) is 0.791. The molecule has 0 aliphatic rings. The largest absolute Gasteiger partial charge is 0.396 e. The van der Waals surface area contributed by atoms with Crippen LogP contribution in [-0.4, -0.2) is 17.6 Å². The van der Waals surface area contributed by atoms with Crippen molar-refractivity contribution in [3.8, 4) is 0 Å². The van der Waals surface area contributed by atoms with E-state index in [4.69, 9.17) is 5.73 Å². The van der Waals surface area contributed by atoms with Crippen molar-refractivity contribution in [1.29, 1.82) is 0 Å². The monoisotopic (exact) mass is 221 g/mol. The van der Waals surface area contributed by atoms with Gasteiger partial charge in [-0.05, 0) is 11.5 Å². The SMILES string of the molecule is CC(C)C(C(N)=O)[C@@H](CO)c1ccccc1. The zero-order valence-corrected chi connectivity index (χ0v) is 9.76. The van der Waals surface area contributed by atoms with Crippen LogP contribution < -0.4 is 5.73 Å². The fourth-order valence-electron chi connectivity index (χ4n) is 2.12. The molecule has 2 atom stereocenters. The van der Waals surface area contributed by atoms with E-state index >= 15 is 0 Å². The lowest BCUT2D eigenvalue weighted by molar-refractivity contribution is -0.124. The van der Waals surface area contributed by atoms with E-state index in [1.807, 2.05) is 44.2 Å². The molecule has 3 heteroatoms. The average molecular weight is 221 g/mol. The number of benzene rings is 1. The summed E-state index contributed by atoms with van der Waals surface area (Å²) in [6.45, 7) is 3.83. The van der Waals surface area contributed by atoms with Gasteiger partial charge in [0.1, 0.15) is 0 Å². The van der Waals surface area contributed by atoms with Gasteiger partial charge in [0.05, 0.1) is 6.61 Å². The molecule has 3 N–H and O–H groups in total. The molecule has 1 aromatic carbocycles. The number of carbonyl (C=O) groups excluding carboxylic acids is 1. The second-order valence-electron chi connectivity index (χ2n) is 4.37. The topological polar surface area (TPSA) is 63.3 Å². The van der Waals surface area contributed by atoms with Gasteiger partial charge in [-0.3, -0.25) is 4.79 Å². The van der Waals surface area contributed by atoms with Crippen LogP contribution in [0.15, 0.2) is 30.3 Å². The number of hydrogen-bond donors (Lipinski definition) is 2. The van der Waals surface area contributed by atoms with Crippen molar-refractivity contribution in [2.75, 3.05) is 6.61 Å². The molecule has 3 nitrogen and oxygen atoms in total. The highest BCUT2D eigenvalue weighted by Crippen LogP contribution is 2.29. The fraction of sp³-hybridized carbons (Fsp3) is 0.462. The summed E-state index contributed by atoms with van der Waals surface area (Å²) in [6.07, 6.45) is 0. The van der Waals surface area contributed by atoms with E-state index < -0.39 is 0 Å². The number of hydrogen-bond acceptors (Lipinski definition) is 2. The van der Waals surface area contributed by atoms with E-state index in [0.29, 0.717) is 0 Å². The first-order valence-electron chi connectivity index (χ1n) is 5.53. The summed E-state index contributed by atoms with van der Waals surface area (Å²) in [6, 6.07) is 9.54. The van der Waals surface area contributed by atoms with Gasteiger partial charge in [-0.25, -0.2) is 0 Å². The Balaban J connectivity index is 3.00. The molecule has 0 saturated carbocycles. The first-order chi connectivity index (χ1) is 7.57. The van der Waals surface area contributed by atoms with E-state index in [2.05, 4.69) is 0 Å². The highest BCUT2D eigenvalue weighted by Gasteiger charge is 2.29. The van der Waals surface area contributed by atoms with E-state index in [9.17, 15) is 9.90 Å². The molecule has 0 fully saturated rings. The molecule has 16 heavy (non-hydrogen) atoms. The summed E-state index contributed by atoms with van der Waals surface area (Å²) in [5.41, 5.74) is 6.36. The van der Waals surface area contributed by atoms with Crippen molar-refractivity contribution >= 4 is 5.91 Å². The van der Waals surface area contributed by atoms with Crippen molar-refractivity contribution in [2.45, 2.75) is 19.8 Å². The lowest BCUT2D eigenvalue weighted by Gasteiger charge is -2.26. The number of aliphatic hydroxyl groups excluding tert-OH is 1. The maximum Gasteiger partial charge on any atom is 0.221 e. The molecule has 88 valence electrons. The van der Waals surface area contributed by atoms with Crippen molar-refractivity contribution in [3.63, 3.8) is 0 Å². The van der Waals surface area contributed by atoms with Gasteiger partial charge in [-0.2, -0.15) is 0 Å². The number of rotatable bonds is 5. The molecule has 0 bridgehead atoms. The smallest absolute Gasteiger partial charge is 0.221 e. The third kappa shape index (κ3) is 2.83. The van der Waals surface area contributed by atoms with Gasteiger partial charge in [0, 0.05) is 11.8 Å². The minimum absolute atomic E-state index is 0.0597. The highest BCUT2D eigenvalue weighted by molar-refractivity contribution is 5.78.